The van der Waals surface area contributed by atoms with Crippen LogP contribution in [0.4, 0.5) is 0 Å². The number of benzene rings is 1. The summed E-state index contributed by atoms with van der Waals surface area (Å²) in [6.07, 6.45) is 3.19. The molecule has 0 bridgehead atoms. The number of rotatable bonds is 6. The van der Waals surface area contributed by atoms with Gasteiger partial charge in [0.25, 0.3) is 0 Å². The third kappa shape index (κ3) is 6.06. The highest BCUT2D eigenvalue weighted by molar-refractivity contribution is 7.86. The molecule has 0 amide bonds. The molecule has 0 spiro atoms. The van der Waals surface area contributed by atoms with Gasteiger partial charge in [-0.05, 0) is 37.5 Å². The minimum absolute atomic E-state index is 0.182. The topological polar surface area (TPSA) is 60.4 Å². The van der Waals surface area contributed by atoms with Gasteiger partial charge >= 0.3 is 10.1 Å². The van der Waals surface area contributed by atoms with Gasteiger partial charge in [-0.2, -0.15) is 8.42 Å². The van der Waals surface area contributed by atoms with Gasteiger partial charge in [0, 0.05) is 6.42 Å². The van der Waals surface area contributed by atoms with Crippen molar-refractivity contribution in [3.05, 3.63) is 29.8 Å². The molecule has 0 unspecified atom stereocenters. The van der Waals surface area contributed by atoms with Crippen molar-refractivity contribution in [3.8, 4) is 5.75 Å². The highest BCUT2D eigenvalue weighted by atomic mass is 32.2. The van der Waals surface area contributed by atoms with Crippen molar-refractivity contribution in [2.24, 2.45) is 0 Å². The second kappa shape index (κ2) is 5.82. The number of hydrogen-bond donors (Lipinski definition) is 0. The van der Waals surface area contributed by atoms with E-state index in [2.05, 4.69) is 0 Å². The van der Waals surface area contributed by atoms with Crippen molar-refractivity contribution in [2.75, 3.05) is 6.26 Å². The normalized spacial score (nSPS) is 11.2. The quantitative estimate of drug-likeness (QED) is 0.730. The van der Waals surface area contributed by atoms with Crippen LogP contribution >= 0.6 is 0 Å². The number of aryl methyl sites for hydroxylation is 1. The molecule has 0 aliphatic heterocycles. The fraction of sp³-hybridized carbons (Fsp3) is 0.417. The molecule has 0 aliphatic carbocycles. The highest BCUT2D eigenvalue weighted by Crippen LogP contribution is 2.15. The molecule has 0 atom stereocenters. The molecule has 0 N–H and O–H groups in total. The molecular formula is C12H16O4S. The fourth-order valence-corrected chi connectivity index (χ4v) is 1.89. The average Bonchev–Trinajstić information content (AvgIpc) is 2.18. The summed E-state index contributed by atoms with van der Waals surface area (Å²) in [7, 11) is -3.46. The lowest BCUT2D eigenvalue weighted by Crippen LogP contribution is -2.05. The standard InChI is InChI=1S/C12H16O4S/c1-10(13)4-3-5-11-6-8-12(9-7-11)16-17(2,14)15/h6-9H,3-5H2,1-2H3. The van der Waals surface area contributed by atoms with E-state index in [0.29, 0.717) is 12.2 Å². The van der Waals surface area contributed by atoms with Crippen LogP contribution < -0.4 is 4.18 Å². The number of hydrogen-bond acceptors (Lipinski definition) is 4. The SMILES string of the molecule is CC(=O)CCCc1ccc(OS(C)(=O)=O)cc1. The summed E-state index contributed by atoms with van der Waals surface area (Å²) < 4.78 is 26.5. The molecule has 0 saturated heterocycles. The molecule has 17 heavy (non-hydrogen) atoms. The van der Waals surface area contributed by atoms with Gasteiger partial charge < -0.3 is 8.98 Å². The molecule has 1 aromatic rings. The van der Waals surface area contributed by atoms with Crippen LogP contribution in [0.3, 0.4) is 0 Å². The Bertz CT molecular complexity index is 474. The third-order valence-electron chi connectivity index (χ3n) is 2.17. The van der Waals surface area contributed by atoms with Crippen LogP contribution in [0.15, 0.2) is 24.3 Å². The van der Waals surface area contributed by atoms with Gasteiger partial charge in [-0.25, -0.2) is 0 Å². The summed E-state index contributed by atoms with van der Waals surface area (Å²) in [5.41, 5.74) is 1.06. The van der Waals surface area contributed by atoms with Crippen LogP contribution in [-0.2, 0) is 21.3 Å². The first kappa shape index (κ1) is 13.7. The Morgan fingerprint density at radius 1 is 1.24 bits per heavy atom. The van der Waals surface area contributed by atoms with E-state index < -0.39 is 10.1 Å². The zero-order chi connectivity index (χ0) is 12.9. The number of ketones is 1. The predicted molar refractivity (Wildman–Crippen MR) is 65.5 cm³/mol. The Morgan fingerprint density at radius 3 is 2.29 bits per heavy atom. The lowest BCUT2D eigenvalue weighted by Gasteiger charge is -2.04. The van der Waals surface area contributed by atoms with Gasteiger partial charge in [-0.15, -0.1) is 0 Å². The molecule has 0 aromatic heterocycles. The first-order valence-electron chi connectivity index (χ1n) is 5.34. The van der Waals surface area contributed by atoms with Crippen LogP contribution in [-0.4, -0.2) is 20.5 Å². The van der Waals surface area contributed by atoms with Gasteiger partial charge in [0.05, 0.1) is 6.26 Å². The van der Waals surface area contributed by atoms with Gasteiger partial charge in [-0.1, -0.05) is 12.1 Å². The molecule has 0 aliphatic rings. The number of carbonyl (C=O) groups is 1. The van der Waals surface area contributed by atoms with E-state index in [0.717, 1.165) is 24.7 Å². The van der Waals surface area contributed by atoms with Crippen molar-refractivity contribution >= 4 is 15.9 Å². The van der Waals surface area contributed by atoms with E-state index in [9.17, 15) is 13.2 Å². The lowest BCUT2D eigenvalue weighted by molar-refractivity contribution is -0.117. The van der Waals surface area contributed by atoms with E-state index in [1.165, 1.54) is 0 Å². The summed E-state index contributed by atoms with van der Waals surface area (Å²) in [4.78, 5) is 10.8. The zero-order valence-electron chi connectivity index (χ0n) is 9.97. The molecule has 0 fully saturated rings. The van der Waals surface area contributed by atoms with Gasteiger partial charge in [0.2, 0.25) is 0 Å². The smallest absolute Gasteiger partial charge is 0.306 e. The summed E-state index contributed by atoms with van der Waals surface area (Å²) in [6.45, 7) is 1.57. The fourth-order valence-electron chi connectivity index (χ4n) is 1.43. The largest absolute Gasteiger partial charge is 0.383 e. The Hall–Kier alpha value is -1.36. The first-order valence-corrected chi connectivity index (χ1v) is 7.16. The zero-order valence-corrected chi connectivity index (χ0v) is 10.8. The summed E-state index contributed by atoms with van der Waals surface area (Å²) in [5.74, 6) is 0.491. The molecule has 94 valence electrons. The van der Waals surface area contributed by atoms with Gasteiger partial charge in [0.15, 0.2) is 0 Å². The maximum atomic E-state index is 10.9. The highest BCUT2D eigenvalue weighted by Gasteiger charge is 2.04. The maximum Gasteiger partial charge on any atom is 0.306 e. The summed E-state index contributed by atoms with van der Waals surface area (Å²) >= 11 is 0. The van der Waals surface area contributed by atoms with Crippen molar-refractivity contribution in [1.29, 1.82) is 0 Å². The van der Waals surface area contributed by atoms with Crippen LogP contribution in [0, 0.1) is 0 Å². The summed E-state index contributed by atoms with van der Waals surface area (Å²) in [6, 6.07) is 6.84. The minimum atomic E-state index is -3.46. The van der Waals surface area contributed by atoms with E-state index in [4.69, 9.17) is 4.18 Å². The third-order valence-corrected chi connectivity index (χ3v) is 2.66. The van der Waals surface area contributed by atoms with E-state index in [-0.39, 0.29) is 5.78 Å². The minimum Gasteiger partial charge on any atom is -0.383 e. The van der Waals surface area contributed by atoms with Gasteiger partial charge in [-0.3, -0.25) is 0 Å². The second-order valence-electron chi connectivity index (χ2n) is 3.99. The van der Waals surface area contributed by atoms with Gasteiger partial charge in [0.1, 0.15) is 11.5 Å². The van der Waals surface area contributed by atoms with E-state index >= 15 is 0 Å². The Morgan fingerprint density at radius 2 is 1.82 bits per heavy atom. The Labute approximate surface area is 102 Å². The maximum absolute atomic E-state index is 10.9. The van der Waals surface area contributed by atoms with Crippen molar-refractivity contribution in [1.82, 2.24) is 0 Å². The molecule has 5 heteroatoms. The molecule has 0 saturated carbocycles. The Kier molecular flexibility index (Phi) is 4.69. The molecule has 1 aromatic carbocycles. The van der Waals surface area contributed by atoms with Crippen LogP contribution in [0.5, 0.6) is 5.75 Å². The predicted octanol–water partition coefficient (Wildman–Crippen LogP) is 1.94. The first-order chi connectivity index (χ1) is 7.87. The van der Waals surface area contributed by atoms with Crippen LogP contribution in [0.1, 0.15) is 25.3 Å². The molecular weight excluding hydrogens is 240 g/mol. The Balaban J connectivity index is 2.53. The van der Waals surface area contributed by atoms with Crippen LogP contribution in [0.25, 0.3) is 0 Å². The molecule has 1 rings (SSSR count). The van der Waals surface area contributed by atoms with Crippen molar-refractivity contribution in [3.63, 3.8) is 0 Å². The van der Waals surface area contributed by atoms with E-state index in [1.807, 2.05) is 0 Å². The summed E-state index contributed by atoms with van der Waals surface area (Å²) in [5, 5.41) is 0. The van der Waals surface area contributed by atoms with Crippen molar-refractivity contribution in [2.45, 2.75) is 26.2 Å². The molecule has 4 nitrogen and oxygen atoms in total. The number of carbonyl (C=O) groups excluding carboxylic acids is 1. The monoisotopic (exact) mass is 256 g/mol. The number of Topliss-reactive ketones (excluding diaryl/α,β-unsaturated/α-hetero) is 1. The lowest BCUT2D eigenvalue weighted by atomic mass is 10.1. The molecule has 0 radical (unpaired) electrons. The second-order valence-corrected chi connectivity index (χ2v) is 5.56. The van der Waals surface area contributed by atoms with Crippen LogP contribution in [0.2, 0.25) is 0 Å². The van der Waals surface area contributed by atoms with Crippen molar-refractivity contribution < 1.29 is 17.4 Å². The molecule has 0 heterocycles. The average molecular weight is 256 g/mol. The van der Waals surface area contributed by atoms with E-state index in [1.54, 1.807) is 31.2 Å².